The summed E-state index contributed by atoms with van der Waals surface area (Å²) in [4.78, 5) is 12.9. The van der Waals surface area contributed by atoms with E-state index in [9.17, 15) is 4.79 Å². The minimum absolute atomic E-state index is 0.0377. The highest BCUT2D eigenvalue weighted by Crippen LogP contribution is 2.37. The molecule has 2 aromatic carbocycles. The number of benzene rings is 2. The normalized spacial score (nSPS) is 12.4. The van der Waals surface area contributed by atoms with Gasteiger partial charge in [0, 0.05) is 16.1 Å². The van der Waals surface area contributed by atoms with E-state index in [-0.39, 0.29) is 29.8 Å². The first-order valence-corrected chi connectivity index (χ1v) is 9.99. The molecule has 0 saturated carbocycles. The van der Waals surface area contributed by atoms with Gasteiger partial charge in [-0.25, -0.2) is 10.1 Å². The second kappa shape index (κ2) is 8.41. The number of nitrogens with two attached hydrogens (primary N) is 1. The van der Waals surface area contributed by atoms with Gasteiger partial charge in [-0.05, 0) is 40.6 Å². The molecule has 3 N–H and O–H groups in total. The average Bonchev–Trinajstić information content (AvgIpc) is 3.53. The third-order valence-electron chi connectivity index (χ3n) is 4.56. The molecule has 12 nitrogen and oxygen atoms in total. The van der Waals surface area contributed by atoms with Gasteiger partial charge >= 0.3 is 0 Å². The summed E-state index contributed by atoms with van der Waals surface area (Å²) in [5.74, 6) is 0.435. The molecular weight excluding hydrogens is 475 g/mol. The lowest BCUT2D eigenvalue weighted by molar-refractivity contribution is 0.0950. The summed E-state index contributed by atoms with van der Waals surface area (Å²) in [5.41, 5.74) is 9.50. The summed E-state index contributed by atoms with van der Waals surface area (Å²) < 4.78 is 16.7. The Morgan fingerprint density at radius 2 is 2.00 bits per heavy atom. The number of halogens is 2. The summed E-state index contributed by atoms with van der Waals surface area (Å²) >= 11 is 12.0. The third-order valence-corrected chi connectivity index (χ3v) is 5.12. The molecule has 0 unspecified atom stereocenters. The van der Waals surface area contributed by atoms with Crippen LogP contribution in [0.3, 0.4) is 0 Å². The lowest BCUT2D eigenvalue weighted by Crippen LogP contribution is -2.19. The number of ether oxygens (including phenoxy) is 2. The first-order chi connectivity index (χ1) is 16.0. The van der Waals surface area contributed by atoms with E-state index in [1.807, 2.05) is 0 Å². The van der Waals surface area contributed by atoms with Crippen molar-refractivity contribution in [2.24, 2.45) is 5.10 Å². The summed E-state index contributed by atoms with van der Waals surface area (Å²) in [6.07, 6.45) is 1.38. The Morgan fingerprint density at radius 3 is 2.79 bits per heavy atom. The molecule has 1 amide bonds. The van der Waals surface area contributed by atoms with Gasteiger partial charge in [0.1, 0.15) is 5.69 Å². The van der Waals surface area contributed by atoms with Crippen LogP contribution in [0.15, 0.2) is 46.1 Å². The summed E-state index contributed by atoms with van der Waals surface area (Å²) in [7, 11) is 0. The second-order valence-corrected chi connectivity index (χ2v) is 7.45. The molecule has 0 saturated heterocycles. The van der Waals surface area contributed by atoms with E-state index in [2.05, 4.69) is 35.8 Å². The highest BCUT2D eigenvalue weighted by atomic mass is 35.5. The van der Waals surface area contributed by atoms with Crippen molar-refractivity contribution in [1.82, 2.24) is 30.7 Å². The number of hydrogen-bond donors (Lipinski definition) is 2. The average molecular weight is 487 g/mol. The molecule has 0 aliphatic carbocycles. The van der Waals surface area contributed by atoms with E-state index in [4.69, 9.17) is 38.4 Å². The van der Waals surface area contributed by atoms with Gasteiger partial charge in [0.15, 0.2) is 17.2 Å². The van der Waals surface area contributed by atoms with E-state index >= 15 is 0 Å². The molecule has 166 valence electrons. The molecule has 0 radical (unpaired) electrons. The summed E-state index contributed by atoms with van der Waals surface area (Å²) in [6, 6.07) is 9.95. The zero-order valence-corrected chi connectivity index (χ0v) is 17.9. The van der Waals surface area contributed by atoms with Gasteiger partial charge in [-0.1, -0.05) is 34.5 Å². The number of anilines is 1. The molecule has 1 aliphatic heterocycles. The topological polar surface area (TPSA) is 156 Å². The van der Waals surface area contributed by atoms with Crippen molar-refractivity contribution >= 4 is 41.1 Å². The molecule has 3 heterocycles. The SMILES string of the molecule is Nc1nonc1-n1nnc(C(=O)N/N=C/c2ccc(Cl)cc2Cl)c1-c1ccc2c(c1)OCO2. The van der Waals surface area contributed by atoms with Crippen LogP contribution in [0.5, 0.6) is 11.5 Å². The van der Waals surface area contributed by atoms with Crippen LogP contribution in [0.25, 0.3) is 17.1 Å². The Balaban J connectivity index is 1.51. The van der Waals surface area contributed by atoms with Crippen LogP contribution in [-0.4, -0.2) is 44.2 Å². The number of hydrazone groups is 1. The molecule has 33 heavy (non-hydrogen) atoms. The van der Waals surface area contributed by atoms with Gasteiger partial charge < -0.3 is 15.2 Å². The van der Waals surface area contributed by atoms with E-state index in [1.54, 1.807) is 36.4 Å². The van der Waals surface area contributed by atoms with Crippen molar-refractivity contribution < 1.29 is 18.9 Å². The van der Waals surface area contributed by atoms with Crippen LogP contribution in [0.4, 0.5) is 5.82 Å². The predicted molar refractivity (Wildman–Crippen MR) is 117 cm³/mol. The number of amides is 1. The Hall–Kier alpha value is -4.16. The standard InChI is InChI=1S/C19H12Cl2N8O4/c20-11-3-1-10(12(21)6-11)7-23-25-19(30)15-16(9-2-4-13-14(5-9)32-8-31-13)29(28-24-15)18-17(22)26-33-27-18/h1-7H,8H2,(H2,22,26)(H,25,30)/b23-7+. The lowest BCUT2D eigenvalue weighted by atomic mass is 10.1. The molecule has 1 aliphatic rings. The largest absolute Gasteiger partial charge is 0.454 e. The summed E-state index contributed by atoms with van der Waals surface area (Å²) in [5, 5.41) is 20.1. The first-order valence-electron chi connectivity index (χ1n) is 9.24. The molecule has 0 spiro atoms. The van der Waals surface area contributed by atoms with Gasteiger partial charge in [-0.15, -0.1) is 5.10 Å². The fourth-order valence-corrected chi connectivity index (χ4v) is 3.50. The van der Waals surface area contributed by atoms with Crippen LogP contribution in [0.1, 0.15) is 16.1 Å². The van der Waals surface area contributed by atoms with Crippen LogP contribution in [0, 0.1) is 0 Å². The molecule has 5 rings (SSSR count). The van der Waals surface area contributed by atoms with Crippen molar-refractivity contribution in [3.63, 3.8) is 0 Å². The molecule has 0 bridgehead atoms. The Morgan fingerprint density at radius 1 is 1.15 bits per heavy atom. The Bertz CT molecular complexity index is 1400. The molecular formula is C19H12Cl2N8O4. The first kappa shape index (κ1) is 20.7. The maximum atomic E-state index is 12.9. The zero-order valence-electron chi connectivity index (χ0n) is 16.4. The second-order valence-electron chi connectivity index (χ2n) is 6.60. The number of nitrogens with one attached hydrogen (secondary N) is 1. The number of hydrogen-bond acceptors (Lipinski definition) is 10. The highest BCUT2D eigenvalue weighted by molar-refractivity contribution is 6.36. The van der Waals surface area contributed by atoms with Gasteiger partial charge in [0.05, 0.1) is 11.2 Å². The number of fused-ring (bicyclic) bond motifs is 1. The van der Waals surface area contributed by atoms with Gasteiger partial charge in [-0.3, -0.25) is 4.79 Å². The quantitative estimate of drug-likeness (QED) is 0.319. The maximum absolute atomic E-state index is 12.9. The van der Waals surface area contributed by atoms with Crippen LogP contribution in [0.2, 0.25) is 10.0 Å². The highest BCUT2D eigenvalue weighted by Gasteiger charge is 2.26. The number of aromatic nitrogens is 5. The minimum atomic E-state index is -0.648. The van der Waals surface area contributed by atoms with Crippen LogP contribution >= 0.6 is 23.2 Å². The van der Waals surface area contributed by atoms with E-state index in [0.29, 0.717) is 32.7 Å². The fourth-order valence-electron chi connectivity index (χ4n) is 3.04. The third kappa shape index (κ3) is 3.92. The van der Waals surface area contributed by atoms with Crippen LogP contribution < -0.4 is 20.6 Å². The van der Waals surface area contributed by atoms with Crippen molar-refractivity contribution in [3.8, 4) is 28.6 Å². The molecule has 0 atom stereocenters. The number of nitrogen functional groups attached to an aromatic ring is 1. The monoisotopic (exact) mass is 486 g/mol. The van der Waals surface area contributed by atoms with Crippen molar-refractivity contribution in [2.75, 3.05) is 12.5 Å². The number of carbonyl (C=O) groups excluding carboxylic acids is 1. The van der Waals surface area contributed by atoms with Gasteiger partial charge in [0.25, 0.3) is 5.91 Å². The molecule has 0 fully saturated rings. The number of carbonyl (C=O) groups is 1. The smallest absolute Gasteiger partial charge is 0.294 e. The van der Waals surface area contributed by atoms with Crippen molar-refractivity contribution in [3.05, 3.63) is 57.7 Å². The zero-order chi connectivity index (χ0) is 22.9. The number of nitrogens with zero attached hydrogens (tertiary/aromatic N) is 6. The molecule has 14 heteroatoms. The van der Waals surface area contributed by atoms with E-state index in [0.717, 1.165) is 0 Å². The molecule has 4 aromatic rings. The molecule has 2 aromatic heterocycles. The Kier molecular flexibility index (Phi) is 5.28. The van der Waals surface area contributed by atoms with Crippen molar-refractivity contribution in [1.29, 1.82) is 0 Å². The van der Waals surface area contributed by atoms with Crippen LogP contribution in [-0.2, 0) is 0 Å². The lowest BCUT2D eigenvalue weighted by Gasteiger charge is -2.07. The van der Waals surface area contributed by atoms with Crippen molar-refractivity contribution in [2.45, 2.75) is 0 Å². The maximum Gasteiger partial charge on any atom is 0.294 e. The van der Waals surface area contributed by atoms with E-state index < -0.39 is 5.91 Å². The Labute approximate surface area is 194 Å². The fraction of sp³-hybridized carbons (Fsp3) is 0.0526. The predicted octanol–water partition coefficient (Wildman–Crippen LogP) is 2.70. The van der Waals surface area contributed by atoms with E-state index in [1.165, 1.54) is 10.9 Å². The minimum Gasteiger partial charge on any atom is -0.454 e. The summed E-state index contributed by atoms with van der Waals surface area (Å²) in [6.45, 7) is 0.0891. The number of rotatable bonds is 5. The van der Waals surface area contributed by atoms with Gasteiger partial charge in [-0.2, -0.15) is 9.78 Å². The van der Waals surface area contributed by atoms with Gasteiger partial charge in [0.2, 0.25) is 18.4 Å².